The molecule has 6 nitrogen and oxygen atoms in total. The van der Waals surface area contributed by atoms with Crippen LogP contribution in [-0.4, -0.2) is 28.7 Å². The number of para-hydroxylation sites is 3. The molecule has 1 aliphatic carbocycles. The van der Waals surface area contributed by atoms with Crippen LogP contribution in [0.15, 0.2) is 231 Å². The van der Waals surface area contributed by atoms with Crippen molar-refractivity contribution in [3.8, 4) is 62.4 Å². The molecule has 0 saturated carbocycles. The van der Waals surface area contributed by atoms with Gasteiger partial charge < -0.3 is 9.13 Å². The molecule has 15 rings (SSSR count). The molecular formula is C66H44N6. The maximum absolute atomic E-state index is 5.26. The average molecular weight is 921 g/mol. The van der Waals surface area contributed by atoms with E-state index in [2.05, 4.69) is 222 Å². The van der Waals surface area contributed by atoms with E-state index in [1.54, 1.807) is 0 Å². The molecule has 4 aromatic heterocycles. The van der Waals surface area contributed by atoms with E-state index in [1.807, 2.05) is 36.4 Å². The lowest BCUT2D eigenvalue weighted by molar-refractivity contribution is 0.661. The second-order valence-corrected chi connectivity index (χ2v) is 19.6. The van der Waals surface area contributed by atoms with Gasteiger partial charge in [0.15, 0.2) is 11.6 Å². The number of rotatable bonds is 6. The van der Waals surface area contributed by atoms with Crippen molar-refractivity contribution in [3.05, 3.63) is 242 Å². The van der Waals surface area contributed by atoms with Crippen molar-refractivity contribution in [1.82, 2.24) is 28.7 Å². The maximum atomic E-state index is 5.26. The fraction of sp³-hybridized carbons (Fsp3) is 0.0455. The Kier molecular flexibility index (Phi) is 8.61. The molecule has 10 aromatic carbocycles. The van der Waals surface area contributed by atoms with E-state index in [-0.39, 0.29) is 5.41 Å². The van der Waals surface area contributed by atoms with Gasteiger partial charge in [-0.3, -0.25) is 4.57 Å². The molecule has 0 amide bonds. The molecule has 4 heterocycles. The molecule has 0 radical (unpaired) electrons. The van der Waals surface area contributed by atoms with Crippen molar-refractivity contribution >= 4 is 65.4 Å². The first kappa shape index (κ1) is 40.5. The highest BCUT2D eigenvalue weighted by Gasteiger charge is 2.36. The Bertz CT molecular complexity index is 4460. The van der Waals surface area contributed by atoms with Gasteiger partial charge in [0, 0.05) is 60.2 Å². The Morgan fingerprint density at radius 3 is 1.50 bits per heavy atom. The minimum Gasteiger partial charge on any atom is -0.309 e. The first-order valence-corrected chi connectivity index (χ1v) is 24.7. The van der Waals surface area contributed by atoms with Crippen molar-refractivity contribution in [2.45, 2.75) is 19.3 Å². The summed E-state index contributed by atoms with van der Waals surface area (Å²) in [6.45, 7) is 4.73. The van der Waals surface area contributed by atoms with E-state index in [0.29, 0.717) is 17.6 Å². The van der Waals surface area contributed by atoms with Crippen LogP contribution in [0.5, 0.6) is 0 Å². The Morgan fingerprint density at radius 1 is 0.292 bits per heavy atom. The number of hydrogen-bond donors (Lipinski definition) is 0. The van der Waals surface area contributed by atoms with E-state index in [1.165, 1.54) is 71.5 Å². The Labute approximate surface area is 415 Å². The zero-order valence-electron chi connectivity index (χ0n) is 39.6. The summed E-state index contributed by atoms with van der Waals surface area (Å²) in [7, 11) is 0. The summed E-state index contributed by atoms with van der Waals surface area (Å²) in [5.41, 5.74) is 18.3. The first-order chi connectivity index (χ1) is 35.5. The quantitative estimate of drug-likeness (QED) is 0.167. The van der Waals surface area contributed by atoms with Gasteiger partial charge in [0.25, 0.3) is 0 Å². The van der Waals surface area contributed by atoms with Crippen LogP contribution in [0, 0.1) is 0 Å². The van der Waals surface area contributed by atoms with E-state index in [0.717, 1.165) is 49.8 Å². The molecule has 72 heavy (non-hydrogen) atoms. The maximum Gasteiger partial charge on any atom is 0.238 e. The summed E-state index contributed by atoms with van der Waals surface area (Å²) in [6, 6.07) is 83.2. The van der Waals surface area contributed by atoms with Crippen molar-refractivity contribution in [2.24, 2.45) is 0 Å². The van der Waals surface area contributed by atoms with Crippen molar-refractivity contribution in [1.29, 1.82) is 0 Å². The smallest absolute Gasteiger partial charge is 0.238 e. The third kappa shape index (κ3) is 5.93. The molecule has 0 atom stereocenters. The molecule has 0 saturated heterocycles. The highest BCUT2D eigenvalue weighted by molar-refractivity contribution is 6.15. The van der Waals surface area contributed by atoms with Crippen LogP contribution in [0.2, 0.25) is 0 Å². The molecule has 14 aromatic rings. The van der Waals surface area contributed by atoms with E-state index >= 15 is 0 Å². The van der Waals surface area contributed by atoms with Crippen molar-refractivity contribution < 1.29 is 0 Å². The Morgan fingerprint density at radius 2 is 0.792 bits per heavy atom. The van der Waals surface area contributed by atoms with Crippen LogP contribution in [0.1, 0.15) is 25.0 Å². The second kappa shape index (κ2) is 15.3. The molecule has 6 heteroatoms. The summed E-state index contributed by atoms with van der Waals surface area (Å²) < 4.78 is 7.10. The molecule has 0 N–H and O–H groups in total. The fourth-order valence-corrected chi connectivity index (χ4v) is 11.9. The number of fused-ring (bicyclic) bond motifs is 12. The van der Waals surface area contributed by atoms with Crippen LogP contribution in [0.25, 0.3) is 128 Å². The largest absolute Gasteiger partial charge is 0.309 e. The molecule has 0 spiro atoms. The van der Waals surface area contributed by atoms with E-state index in [9.17, 15) is 0 Å². The lowest BCUT2D eigenvalue weighted by Gasteiger charge is -2.21. The number of benzene rings is 10. The Hall–Kier alpha value is -9.39. The van der Waals surface area contributed by atoms with Gasteiger partial charge in [0.1, 0.15) is 0 Å². The number of aromatic nitrogens is 6. The lowest BCUT2D eigenvalue weighted by Crippen LogP contribution is -2.14. The topological polar surface area (TPSA) is 53.5 Å². The van der Waals surface area contributed by atoms with Gasteiger partial charge in [-0.15, -0.1) is 0 Å². The molecule has 0 unspecified atom stereocenters. The van der Waals surface area contributed by atoms with Gasteiger partial charge in [-0.1, -0.05) is 178 Å². The zero-order valence-corrected chi connectivity index (χ0v) is 39.6. The SMILES string of the molecule is CC1(C)c2ccccc2-c2cc3c4cc(-c5ccc6c7ccccc7n(-c7ccccc7)c6c5)ccc4n(-c4ccc5c6ccccc6n(-c6nc(-c7ccccc7)nc(-c7ccccc7)n6)c5c4)c3cc21. The average Bonchev–Trinajstić information content (AvgIpc) is 4.13. The first-order valence-electron chi connectivity index (χ1n) is 24.7. The molecule has 0 aliphatic heterocycles. The van der Waals surface area contributed by atoms with E-state index in [4.69, 9.17) is 15.0 Å². The highest BCUT2D eigenvalue weighted by Crippen LogP contribution is 2.51. The standard InChI is InChI=1S/C66H44N6/c1-66(2)55-27-15-12-24-47(55)52-39-54-53-36-43(44-30-33-50-48-25-13-16-28-57(48)70(60(50)37-44)45-22-10-5-11-23-45)31-35-59(53)71(62(54)40-56(52)66)46-32-34-51-49-26-14-17-29-58(49)72(61(51)38-46)65-68-63(41-18-6-3-7-19-41)67-64(69-65)42-20-8-4-9-21-42/h3-40H,1-2H3. The second-order valence-electron chi connectivity index (χ2n) is 19.6. The summed E-state index contributed by atoms with van der Waals surface area (Å²) in [5.74, 6) is 1.81. The predicted octanol–water partition coefficient (Wildman–Crippen LogP) is 16.5. The van der Waals surface area contributed by atoms with Gasteiger partial charge in [0.05, 0.1) is 33.1 Å². The summed E-state index contributed by atoms with van der Waals surface area (Å²) in [4.78, 5) is 15.6. The Balaban J connectivity index is 0.982. The zero-order chi connectivity index (χ0) is 47.7. The number of hydrogen-bond acceptors (Lipinski definition) is 3. The van der Waals surface area contributed by atoms with Gasteiger partial charge >= 0.3 is 0 Å². The minimum atomic E-state index is -0.179. The highest BCUT2D eigenvalue weighted by atomic mass is 15.2. The molecule has 338 valence electrons. The third-order valence-corrected chi connectivity index (χ3v) is 15.3. The van der Waals surface area contributed by atoms with Gasteiger partial charge in [0.2, 0.25) is 5.95 Å². The van der Waals surface area contributed by atoms with Crippen LogP contribution >= 0.6 is 0 Å². The number of nitrogens with zero attached hydrogens (tertiary/aromatic N) is 6. The monoisotopic (exact) mass is 920 g/mol. The predicted molar refractivity (Wildman–Crippen MR) is 297 cm³/mol. The summed E-state index contributed by atoms with van der Waals surface area (Å²) >= 11 is 0. The van der Waals surface area contributed by atoms with Gasteiger partial charge in [-0.05, 0) is 100 Å². The summed E-state index contributed by atoms with van der Waals surface area (Å²) in [5, 5.41) is 7.17. The van der Waals surface area contributed by atoms with E-state index < -0.39 is 0 Å². The van der Waals surface area contributed by atoms with Crippen molar-refractivity contribution in [2.75, 3.05) is 0 Å². The molecule has 0 fully saturated rings. The summed E-state index contributed by atoms with van der Waals surface area (Å²) in [6.07, 6.45) is 0. The van der Waals surface area contributed by atoms with Gasteiger partial charge in [-0.2, -0.15) is 9.97 Å². The molecule has 0 bridgehead atoms. The van der Waals surface area contributed by atoms with Gasteiger partial charge in [-0.25, -0.2) is 4.98 Å². The molecule has 1 aliphatic rings. The fourth-order valence-electron chi connectivity index (χ4n) is 11.9. The van der Waals surface area contributed by atoms with Crippen LogP contribution in [0.4, 0.5) is 0 Å². The van der Waals surface area contributed by atoms with Crippen molar-refractivity contribution in [3.63, 3.8) is 0 Å². The van der Waals surface area contributed by atoms with Crippen LogP contribution in [0.3, 0.4) is 0 Å². The third-order valence-electron chi connectivity index (χ3n) is 15.3. The molecular weight excluding hydrogens is 877 g/mol. The lowest BCUT2D eigenvalue weighted by atomic mass is 9.82. The van der Waals surface area contributed by atoms with Crippen LogP contribution < -0.4 is 0 Å². The normalized spacial score (nSPS) is 13.0. The van der Waals surface area contributed by atoms with Crippen LogP contribution in [-0.2, 0) is 5.41 Å². The minimum absolute atomic E-state index is 0.179.